The van der Waals surface area contributed by atoms with Crippen LogP contribution in [-0.2, 0) is 4.79 Å². The average Bonchev–Trinajstić information content (AvgIpc) is 3.23. The molecular formula is C24H18Cl2N2O4. The van der Waals surface area contributed by atoms with Gasteiger partial charge in [-0.15, -0.1) is 0 Å². The molecule has 8 heteroatoms. The summed E-state index contributed by atoms with van der Waals surface area (Å²) in [5.74, 6) is -0.184. The molecule has 0 radical (unpaired) electrons. The Morgan fingerprint density at radius 2 is 1.78 bits per heavy atom. The maximum atomic E-state index is 11.1. The van der Waals surface area contributed by atoms with Gasteiger partial charge in [0, 0.05) is 27.2 Å². The Labute approximate surface area is 194 Å². The van der Waals surface area contributed by atoms with E-state index in [0.717, 1.165) is 16.9 Å². The van der Waals surface area contributed by atoms with Gasteiger partial charge in [-0.25, -0.2) is 9.48 Å². The molecule has 0 bridgehead atoms. The Morgan fingerprint density at radius 3 is 2.47 bits per heavy atom. The zero-order valence-corrected chi connectivity index (χ0v) is 18.5. The predicted octanol–water partition coefficient (Wildman–Crippen LogP) is 5.99. The molecule has 4 rings (SSSR count). The molecular weight excluding hydrogens is 451 g/mol. The van der Waals surface area contributed by atoms with Crippen LogP contribution in [0.2, 0.25) is 10.0 Å². The Balaban J connectivity index is 1.88. The summed E-state index contributed by atoms with van der Waals surface area (Å²) >= 11 is 12.3. The van der Waals surface area contributed by atoms with Gasteiger partial charge in [-0.3, -0.25) is 0 Å². The molecule has 0 aliphatic carbocycles. The molecule has 0 atom stereocenters. The van der Waals surface area contributed by atoms with Gasteiger partial charge in [0.05, 0.1) is 24.2 Å². The SMILES string of the molecule is COc1ccc(-c2cc(-c3ccc(Cl)cc3)n(-c3cccc(Cl)c3)n2)c(OCC(=O)O)c1. The standard InChI is InChI=1S/C24H18Cl2N2O4/c1-31-19-9-10-20(23(12-19)32-14-24(29)30)21-13-22(15-5-7-16(25)8-6-15)28(27-21)18-4-2-3-17(26)11-18/h2-13H,14H2,1H3,(H,29,30). The van der Waals surface area contributed by atoms with Crippen LogP contribution in [0.5, 0.6) is 11.5 Å². The van der Waals surface area contributed by atoms with Crippen LogP contribution in [0.25, 0.3) is 28.2 Å². The van der Waals surface area contributed by atoms with Crippen molar-refractivity contribution in [2.24, 2.45) is 0 Å². The number of nitrogens with zero attached hydrogens (tertiary/aromatic N) is 2. The van der Waals surface area contributed by atoms with Gasteiger partial charge in [-0.05, 0) is 48.5 Å². The lowest BCUT2D eigenvalue weighted by molar-refractivity contribution is -0.139. The quantitative estimate of drug-likeness (QED) is 0.360. The van der Waals surface area contributed by atoms with Crippen molar-refractivity contribution < 1.29 is 19.4 Å². The zero-order chi connectivity index (χ0) is 22.7. The summed E-state index contributed by atoms with van der Waals surface area (Å²) in [6.45, 7) is -0.487. The largest absolute Gasteiger partial charge is 0.497 e. The van der Waals surface area contributed by atoms with Gasteiger partial charge in [-0.1, -0.05) is 41.4 Å². The van der Waals surface area contributed by atoms with Gasteiger partial charge < -0.3 is 14.6 Å². The van der Waals surface area contributed by atoms with Crippen molar-refractivity contribution in [3.05, 3.63) is 82.8 Å². The zero-order valence-electron chi connectivity index (χ0n) is 17.0. The lowest BCUT2D eigenvalue weighted by atomic mass is 10.1. The third-order valence-electron chi connectivity index (χ3n) is 4.72. The summed E-state index contributed by atoms with van der Waals surface area (Å²) in [5, 5.41) is 15.1. The third-order valence-corrected chi connectivity index (χ3v) is 5.21. The average molecular weight is 469 g/mol. The number of hydrogen-bond donors (Lipinski definition) is 1. The molecule has 1 N–H and O–H groups in total. The van der Waals surface area contributed by atoms with E-state index in [4.69, 9.17) is 42.9 Å². The molecule has 0 spiro atoms. The molecule has 0 saturated carbocycles. The van der Waals surface area contributed by atoms with Crippen LogP contribution in [-0.4, -0.2) is 34.6 Å². The molecule has 162 valence electrons. The molecule has 1 aromatic heterocycles. The van der Waals surface area contributed by atoms with Crippen LogP contribution in [0.1, 0.15) is 0 Å². The highest BCUT2D eigenvalue weighted by molar-refractivity contribution is 6.31. The van der Waals surface area contributed by atoms with E-state index >= 15 is 0 Å². The molecule has 0 fully saturated rings. The first-order valence-corrected chi connectivity index (χ1v) is 10.3. The summed E-state index contributed by atoms with van der Waals surface area (Å²) in [7, 11) is 1.53. The van der Waals surface area contributed by atoms with Crippen molar-refractivity contribution in [2.45, 2.75) is 0 Å². The Morgan fingerprint density at radius 1 is 1.00 bits per heavy atom. The van der Waals surface area contributed by atoms with E-state index in [2.05, 4.69) is 0 Å². The Hall–Kier alpha value is -3.48. The molecule has 0 amide bonds. The fourth-order valence-electron chi connectivity index (χ4n) is 3.24. The van der Waals surface area contributed by atoms with Crippen LogP contribution < -0.4 is 9.47 Å². The summed E-state index contributed by atoms with van der Waals surface area (Å²) in [4.78, 5) is 11.1. The summed E-state index contributed by atoms with van der Waals surface area (Å²) in [6, 6.07) is 21.9. The second-order valence-corrected chi connectivity index (χ2v) is 7.73. The first-order valence-electron chi connectivity index (χ1n) is 9.59. The van der Waals surface area contributed by atoms with Crippen molar-refractivity contribution in [3.8, 4) is 39.7 Å². The number of halogens is 2. The molecule has 4 aromatic rings. The van der Waals surface area contributed by atoms with E-state index in [-0.39, 0.29) is 0 Å². The minimum absolute atomic E-state index is 0.352. The van der Waals surface area contributed by atoms with E-state index < -0.39 is 12.6 Å². The van der Waals surface area contributed by atoms with Gasteiger partial charge in [-0.2, -0.15) is 5.10 Å². The van der Waals surface area contributed by atoms with Gasteiger partial charge in [0.1, 0.15) is 11.5 Å². The minimum atomic E-state index is -1.08. The highest BCUT2D eigenvalue weighted by Crippen LogP contribution is 2.36. The van der Waals surface area contributed by atoms with Crippen LogP contribution in [0.15, 0.2) is 72.8 Å². The van der Waals surface area contributed by atoms with Crippen LogP contribution >= 0.6 is 23.2 Å². The van der Waals surface area contributed by atoms with E-state index in [1.54, 1.807) is 41.1 Å². The number of carbonyl (C=O) groups is 1. The van der Waals surface area contributed by atoms with Gasteiger partial charge in [0.25, 0.3) is 0 Å². The first-order chi connectivity index (χ1) is 15.4. The molecule has 0 aliphatic heterocycles. The normalized spacial score (nSPS) is 10.7. The number of carboxylic acid groups (broad SMARTS) is 1. The summed E-state index contributed by atoms with van der Waals surface area (Å²) < 4.78 is 12.6. The first kappa shape index (κ1) is 21.7. The number of aromatic nitrogens is 2. The predicted molar refractivity (Wildman–Crippen MR) is 124 cm³/mol. The molecule has 3 aromatic carbocycles. The fraction of sp³-hybridized carbons (Fsp3) is 0.0833. The molecule has 0 saturated heterocycles. The highest BCUT2D eigenvalue weighted by atomic mass is 35.5. The maximum absolute atomic E-state index is 11.1. The van der Waals surface area contributed by atoms with E-state index in [1.165, 1.54) is 7.11 Å². The van der Waals surface area contributed by atoms with Crippen molar-refractivity contribution >= 4 is 29.2 Å². The number of methoxy groups -OCH3 is 1. The lowest BCUT2D eigenvalue weighted by Crippen LogP contribution is -2.10. The molecule has 0 unspecified atom stereocenters. The smallest absolute Gasteiger partial charge is 0.341 e. The number of ether oxygens (including phenoxy) is 2. The summed E-state index contributed by atoms with van der Waals surface area (Å²) in [6.07, 6.45) is 0. The van der Waals surface area contributed by atoms with E-state index in [9.17, 15) is 4.79 Å². The Bertz CT molecular complexity index is 1270. The van der Waals surface area contributed by atoms with Crippen LogP contribution in [0, 0.1) is 0 Å². The summed E-state index contributed by atoms with van der Waals surface area (Å²) in [5.41, 5.74) is 3.70. The topological polar surface area (TPSA) is 73.6 Å². The lowest BCUT2D eigenvalue weighted by Gasteiger charge is -2.10. The third kappa shape index (κ3) is 4.72. The monoisotopic (exact) mass is 468 g/mol. The number of benzene rings is 3. The van der Waals surface area contributed by atoms with Gasteiger partial charge in [0.15, 0.2) is 6.61 Å². The van der Waals surface area contributed by atoms with Crippen molar-refractivity contribution in [3.63, 3.8) is 0 Å². The van der Waals surface area contributed by atoms with Crippen molar-refractivity contribution in [1.29, 1.82) is 0 Å². The maximum Gasteiger partial charge on any atom is 0.341 e. The van der Waals surface area contributed by atoms with E-state index in [1.807, 2.05) is 36.4 Å². The molecule has 32 heavy (non-hydrogen) atoms. The van der Waals surface area contributed by atoms with Crippen LogP contribution in [0.4, 0.5) is 0 Å². The van der Waals surface area contributed by atoms with Crippen molar-refractivity contribution in [1.82, 2.24) is 9.78 Å². The minimum Gasteiger partial charge on any atom is -0.497 e. The number of hydrogen-bond acceptors (Lipinski definition) is 4. The fourth-order valence-corrected chi connectivity index (χ4v) is 3.55. The Kier molecular flexibility index (Phi) is 6.35. The second-order valence-electron chi connectivity index (χ2n) is 6.86. The number of rotatable bonds is 7. The number of aliphatic carboxylic acids is 1. The highest BCUT2D eigenvalue weighted by Gasteiger charge is 2.18. The second kappa shape index (κ2) is 9.34. The number of carboxylic acids is 1. The van der Waals surface area contributed by atoms with Gasteiger partial charge >= 0.3 is 5.97 Å². The molecule has 1 heterocycles. The molecule has 6 nitrogen and oxygen atoms in total. The van der Waals surface area contributed by atoms with Crippen molar-refractivity contribution in [2.75, 3.05) is 13.7 Å². The van der Waals surface area contributed by atoms with Gasteiger partial charge in [0.2, 0.25) is 0 Å². The molecule has 0 aliphatic rings. The van der Waals surface area contributed by atoms with Crippen LogP contribution in [0.3, 0.4) is 0 Å². The van der Waals surface area contributed by atoms with E-state index in [0.29, 0.717) is 32.8 Å².